The average Bonchev–Trinajstić information content (AvgIpc) is 3.06. The van der Waals surface area contributed by atoms with E-state index in [-0.39, 0.29) is 11.8 Å². The van der Waals surface area contributed by atoms with E-state index in [9.17, 15) is 4.79 Å². The Morgan fingerprint density at radius 1 is 1.24 bits per heavy atom. The highest BCUT2D eigenvalue weighted by molar-refractivity contribution is 6.30. The van der Waals surface area contributed by atoms with Gasteiger partial charge in [-0.1, -0.05) is 28.9 Å². The van der Waals surface area contributed by atoms with Gasteiger partial charge in [0.2, 0.25) is 17.6 Å². The highest BCUT2D eigenvalue weighted by Crippen LogP contribution is 2.28. The quantitative estimate of drug-likeness (QED) is 0.720. The van der Waals surface area contributed by atoms with Gasteiger partial charge in [0.15, 0.2) is 0 Å². The lowest BCUT2D eigenvalue weighted by atomic mass is 9.99. The van der Waals surface area contributed by atoms with Crippen LogP contribution in [0.4, 0.5) is 0 Å². The molecule has 0 aliphatic carbocycles. The molecule has 0 N–H and O–H groups in total. The third-order valence-corrected chi connectivity index (χ3v) is 4.47. The predicted molar refractivity (Wildman–Crippen MR) is 92.0 cm³/mol. The molecule has 1 saturated heterocycles. The first-order chi connectivity index (χ1) is 12.2. The van der Waals surface area contributed by atoms with Crippen molar-refractivity contribution in [3.8, 4) is 11.4 Å². The monoisotopic (exact) mass is 354 g/mol. The van der Waals surface area contributed by atoms with Gasteiger partial charge in [-0.05, 0) is 29.8 Å². The standard InChI is InChI=1S/C18H15ClN4O2/c19-15-5-3-12(4-6-15)8-16(24)23-10-14(11-23)18-21-17(22-25-18)13-2-1-7-20-9-13/h1-7,9,14H,8,10-11H2. The fraction of sp³-hybridized carbons (Fsp3) is 0.222. The molecule has 126 valence electrons. The van der Waals surface area contributed by atoms with Gasteiger partial charge in [-0.25, -0.2) is 0 Å². The number of halogens is 1. The van der Waals surface area contributed by atoms with Crippen molar-refractivity contribution in [1.82, 2.24) is 20.0 Å². The molecule has 1 aliphatic heterocycles. The number of carbonyl (C=O) groups excluding carboxylic acids is 1. The van der Waals surface area contributed by atoms with E-state index < -0.39 is 0 Å². The number of benzene rings is 1. The first-order valence-corrected chi connectivity index (χ1v) is 8.33. The highest BCUT2D eigenvalue weighted by Gasteiger charge is 2.35. The van der Waals surface area contributed by atoms with Crippen molar-refractivity contribution < 1.29 is 9.32 Å². The largest absolute Gasteiger partial charge is 0.341 e. The van der Waals surface area contributed by atoms with Crippen molar-refractivity contribution in [2.45, 2.75) is 12.3 Å². The summed E-state index contributed by atoms with van der Waals surface area (Å²) in [6, 6.07) is 11.0. The molecule has 0 unspecified atom stereocenters. The molecule has 1 aromatic carbocycles. The Balaban J connectivity index is 1.35. The summed E-state index contributed by atoms with van der Waals surface area (Å²) in [5.41, 5.74) is 1.77. The van der Waals surface area contributed by atoms with Gasteiger partial charge in [-0.15, -0.1) is 0 Å². The van der Waals surface area contributed by atoms with Crippen molar-refractivity contribution in [1.29, 1.82) is 0 Å². The number of carbonyl (C=O) groups is 1. The molecule has 7 heteroatoms. The summed E-state index contributed by atoms with van der Waals surface area (Å²) >= 11 is 5.86. The zero-order valence-corrected chi connectivity index (χ0v) is 14.1. The maximum absolute atomic E-state index is 12.3. The van der Waals surface area contributed by atoms with Crippen molar-refractivity contribution in [2.75, 3.05) is 13.1 Å². The van der Waals surface area contributed by atoms with Crippen LogP contribution in [0.2, 0.25) is 5.02 Å². The molecule has 0 radical (unpaired) electrons. The van der Waals surface area contributed by atoms with E-state index in [0.29, 0.717) is 36.2 Å². The lowest BCUT2D eigenvalue weighted by Gasteiger charge is -2.37. The second-order valence-electron chi connectivity index (χ2n) is 6.00. The summed E-state index contributed by atoms with van der Waals surface area (Å²) in [6.07, 6.45) is 3.76. The summed E-state index contributed by atoms with van der Waals surface area (Å²) in [5, 5.41) is 4.66. The number of pyridine rings is 1. The molecule has 1 fully saturated rings. The fourth-order valence-corrected chi connectivity index (χ4v) is 2.87. The number of aromatic nitrogens is 3. The molecule has 0 bridgehead atoms. The molecule has 4 rings (SSSR count). The van der Waals surface area contributed by atoms with Gasteiger partial charge in [-0.3, -0.25) is 9.78 Å². The molecule has 2 aromatic heterocycles. The molecule has 0 atom stereocenters. The number of rotatable bonds is 4. The van der Waals surface area contributed by atoms with Crippen LogP contribution in [0.25, 0.3) is 11.4 Å². The first kappa shape index (κ1) is 15.8. The van der Waals surface area contributed by atoms with Crippen LogP contribution in [-0.4, -0.2) is 39.0 Å². The number of hydrogen-bond acceptors (Lipinski definition) is 5. The number of hydrogen-bond donors (Lipinski definition) is 0. The lowest BCUT2D eigenvalue weighted by Crippen LogP contribution is -2.49. The van der Waals surface area contributed by atoms with E-state index >= 15 is 0 Å². The van der Waals surface area contributed by atoms with Crippen LogP contribution in [0.5, 0.6) is 0 Å². The van der Waals surface area contributed by atoms with Crippen LogP contribution in [-0.2, 0) is 11.2 Å². The van der Waals surface area contributed by atoms with Gasteiger partial charge >= 0.3 is 0 Å². The second-order valence-corrected chi connectivity index (χ2v) is 6.43. The van der Waals surface area contributed by atoms with E-state index in [1.807, 2.05) is 24.3 Å². The third-order valence-electron chi connectivity index (χ3n) is 4.21. The zero-order valence-electron chi connectivity index (χ0n) is 13.3. The summed E-state index contributed by atoms with van der Waals surface area (Å²) in [7, 11) is 0. The summed E-state index contributed by atoms with van der Waals surface area (Å²) in [4.78, 5) is 22.6. The Labute approximate surface area is 149 Å². The lowest BCUT2D eigenvalue weighted by molar-refractivity contribution is -0.135. The van der Waals surface area contributed by atoms with Crippen molar-refractivity contribution in [3.05, 3.63) is 65.3 Å². The summed E-state index contributed by atoms with van der Waals surface area (Å²) in [5.74, 6) is 1.26. The van der Waals surface area contributed by atoms with E-state index in [1.54, 1.807) is 29.4 Å². The minimum atomic E-state index is 0.0885. The predicted octanol–water partition coefficient (Wildman–Crippen LogP) is 2.95. The Kier molecular flexibility index (Phi) is 4.19. The molecule has 25 heavy (non-hydrogen) atoms. The molecule has 3 aromatic rings. The maximum Gasteiger partial charge on any atom is 0.233 e. The molecule has 1 amide bonds. The summed E-state index contributed by atoms with van der Waals surface area (Å²) in [6.45, 7) is 1.20. The molecule has 0 spiro atoms. The zero-order chi connectivity index (χ0) is 17.2. The number of nitrogens with zero attached hydrogens (tertiary/aromatic N) is 4. The molecule has 3 heterocycles. The Morgan fingerprint density at radius 3 is 2.76 bits per heavy atom. The smallest absolute Gasteiger partial charge is 0.233 e. The number of amides is 1. The molecule has 0 saturated carbocycles. The topological polar surface area (TPSA) is 72.1 Å². The van der Waals surface area contributed by atoms with Crippen molar-refractivity contribution in [2.24, 2.45) is 0 Å². The fourth-order valence-electron chi connectivity index (χ4n) is 2.74. The Bertz CT molecular complexity index is 874. The summed E-state index contributed by atoms with van der Waals surface area (Å²) < 4.78 is 5.34. The first-order valence-electron chi connectivity index (χ1n) is 7.95. The minimum Gasteiger partial charge on any atom is -0.341 e. The number of likely N-dealkylation sites (tertiary alicyclic amines) is 1. The molecule has 1 aliphatic rings. The van der Waals surface area contributed by atoms with Gasteiger partial charge in [0.25, 0.3) is 0 Å². The maximum atomic E-state index is 12.3. The average molecular weight is 355 g/mol. The van der Waals surface area contributed by atoms with Crippen LogP contribution in [0.3, 0.4) is 0 Å². The molecule has 6 nitrogen and oxygen atoms in total. The van der Waals surface area contributed by atoms with E-state index in [1.165, 1.54) is 0 Å². The van der Waals surface area contributed by atoms with Gasteiger partial charge in [0.05, 0.1) is 12.3 Å². The third kappa shape index (κ3) is 3.39. The van der Waals surface area contributed by atoms with E-state index in [0.717, 1.165) is 11.1 Å². The van der Waals surface area contributed by atoms with Crippen LogP contribution in [0.15, 0.2) is 53.3 Å². The van der Waals surface area contributed by atoms with Gasteiger partial charge in [-0.2, -0.15) is 4.98 Å². The van der Waals surface area contributed by atoms with Crippen LogP contribution >= 0.6 is 11.6 Å². The van der Waals surface area contributed by atoms with Gasteiger partial charge in [0.1, 0.15) is 0 Å². The SMILES string of the molecule is O=C(Cc1ccc(Cl)cc1)N1CC(c2nc(-c3cccnc3)no2)C1. The Hall–Kier alpha value is -2.73. The highest BCUT2D eigenvalue weighted by atomic mass is 35.5. The van der Waals surface area contributed by atoms with Gasteiger partial charge < -0.3 is 9.42 Å². The second kappa shape index (κ2) is 6.64. The van der Waals surface area contributed by atoms with E-state index in [4.69, 9.17) is 16.1 Å². The Morgan fingerprint density at radius 2 is 2.04 bits per heavy atom. The van der Waals surface area contributed by atoms with Crippen molar-refractivity contribution >= 4 is 17.5 Å². The minimum absolute atomic E-state index is 0.0885. The van der Waals surface area contributed by atoms with Gasteiger partial charge in [0, 0.05) is 36.1 Å². The van der Waals surface area contributed by atoms with Crippen LogP contribution in [0.1, 0.15) is 17.4 Å². The van der Waals surface area contributed by atoms with Crippen LogP contribution < -0.4 is 0 Å². The van der Waals surface area contributed by atoms with E-state index in [2.05, 4.69) is 15.1 Å². The molecular weight excluding hydrogens is 340 g/mol. The van der Waals surface area contributed by atoms with Crippen molar-refractivity contribution in [3.63, 3.8) is 0 Å². The van der Waals surface area contributed by atoms with Crippen LogP contribution in [0, 0.1) is 0 Å². The molecular formula is C18H15ClN4O2. The normalized spacial score (nSPS) is 14.4.